The lowest BCUT2D eigenvalue weighted by atomic mass is 10.1. The van der Waals surface area contributed by atoms with Gasteiger partial charge in [0, 0.05) is 64.2 Å². The average molecular weight is 516 g/mol. The molecule has 2 amide bonds. The van der Waals surface area contributed by atoms with E-state index in [4.69, 9.17) is 0 Å². The Kier molecular flexibility index (Phi) is 8.41. The van der Waals surface area contributed by atoms with Crippen LogP contribution in [-0.2, 0) is 17.8 Å². The molecule has 2 unspecified atom stereocenters. The number of amides is 2. The Morgan fingerprint density at radius 3 is 2.45 bits per heavy atom. The monoisotopic (exact) mass is 515 g/mol. The summed E-state index contributed by atoms with van der Waals surface area (Å²) in [6.45, 7) is 4.62. The second-order valence-corrected chi connectivity index (χ2v) is 10.0. The van der Waals surface area contributed by atoms with Crippen LogP contribution in [0.1, 0.15) is 27.9 Å². The van der Waals surface area contributed by atoms with Gasteiger partial charge in [0.05, 0.1) is 5.56 Å². The lowest BCUT2D eigenvalue weighted by Crippen LogP contribution is -2.53. The van der Waals surface area contributed by atoms with Crippen LogP contribution in [0.3, 0.4) is 0 Å². The quantitative estimate of drug-likeness (QED) is 0.500. The van der Waals surface area contributed by atoms with Crippen molar-refractivity contribution in [3.63, 3.8) is 0 Å². The maximum absolute atomic E-state index is 13.7. The number of nitrogens with one attached hydrogen (secondary N) is 1. The predicted molar refractivity (Wildman–Crippen MR) is 144 cm³/mol. The summed E-state index contributed by atoms with van der Waals surface area (Å²) in [5.74, 6) is -0.421. The fourth-order valence-electron chi connectivity index (χ4n) is 5.42. The number of hydrogen-bond acceptors (Lipinski definition) is 5. The summed E-state index contributed by atoms with van der Waals surface area (Å²) in [6, 6.07) is 19.8. The number of halogens is 1. The molecule has 2 atom stereocenters. The van der Waals surface area contributed by atoms with Gasteiger partial charge in [-0.3, -0.25) is 19.5 Å². The predicted octanol–water partition coefficient (Wildman–Crippen LogP) is 2.98. The van der Waals surface area contributed by atoms with Gasteiger partial charge >= 0.3 is 0 Å². The highest BCUT2D eigenvalue weighted by Crippen LogP contribution is 2.28. The van der Waals surface area contributed by atoms with Crippen molar-refractivity contribution in [1.29, 1.82) is 0 Å². The van der Waals surface area contributed by atoms with Crippen LogP contribution in [0.25, 0.3) is 0 Å². The van der Waals surface area contributed by atoms with Crippen molar-refractivity contribution >= 4 is 11.8 Å². The van der Waals surface area contributed by atoms with Crippen LogP contribution in [0, 0.1) is 5.82 Å². The van der Waals surface area contributed by atoms with Gasteiger partial charge in [-0.25, -0.2) is 4.39 Å². The molecule has 8 heteroatoms. The number of carbonyl (C=O) groups excluding carboxylic acids is 2. The van der Waals surface area contributed by atoms with Crippen molar-refractivity contribution in [3.05, 3.63) is 102 Å². The molecule has 0 aliphatic carbocycles. The molecular weight excluding hydrogens is 481 g/mol. The molecule has 3 heterocycles. The number of carbonyl (C=O) groups is 2. The zero-order valence-electron chi connectivity index (χ0n) is 21.5. The molecule has 0 radical (unpaired) electrons. The van der Waals surface area contributed by atoms with Crippen LogP contribution in [0.4, 0.5) is 4.39 Å². The van der Waals surface area contributed by atoms with E-state index in [2.05, 4.69) is 27.3 Å². The van der Waals surface area contributed by atoms with Crippen molar-refractivity contribution in [2.24, 2.45) is 0 Å². The normalized spacial score (nSPS) is 19.6. The van der Waals surface area contributed by atoms with E-state index >= 15 is 0 Å². The molecule has 198 valence electrons. The van der Waals surface area contributed by atoms with Crippen molar-refractivity contribution in [2.45, 2.75) is 31.5 Å². The molecule has 0 bridgehead atoms. The minimum Gasteiger partial charge on any atom is -0.338 e. The Hall–Kier alpha value is -3.62. The molecule has 2 aliphatic rings. The van der Waals surface area contributed by atoms with Gasteiger partial charge in [-0.2, -0.15) is 0 Å². The Balaban J connectivity index is 1.40. The Morgan fingerprint density at radius 1 is 0.974 bits per heavy atom. The molecule has 0 saturated carbocycles. The Labute approximate surface area is 223 Å². The molecule has 1 N–H and O–H groups in total. The third-order valence-corrected chi connectivity index (χ3v) is 7.51. The van der Waals surface area contributed by atoms with E-state index in [0.29, 0.717) is 38.2 Å². The van der Waals surface area contributed by atoms with E-state index in [-0.39, 0.29) is 23.7 Å². The first-order valence-corrected chi connectivity index (χ1v) is 13.3. The lowest BCUT2D eigenvalue weighted by Gasteiger charge is -2.32. The van der Waals surface area contributed by atoms with E-state index in [1.54, 1.807) is 29.4 Å². The highest BCUT2D eigenvalue weighted by atomic mass is 19.1. The molecule has 0 spiro atoms. The topological polar surface area (TPSA) is 68.8 Å². The number of piperazine rings is 1. The number of pyridine rings is 1. The summed E-state index contributed by atoms with van der Waals surface area (Å²) in [7, 11) is 0. The first-order valence-electron chi connectivity index (χ1n) is 13.3. The van der Waals surface area contributed by atoms with Gasteiger partial charge < -0.3 is 15.1 Å². The summed E-state index contributed by atoms with van der Waals surface area (Å²) in [4.78, 5) is 37.4. The highest BCUT2D eigenvalue weighted by molar-refractivity contribution is 5.97. The summed E-state index contributed by atoms with van der Waals surface area (Å²) < 4.78 is 13.6. The molecule has 3 aromatic rings. The van der Waals surface area contributed by atoms with E-state index in [9.17, 15) is 14.0 Å². The maximum Gasteiger partial charge on any atom is 0.256 e. The average Bonchev–Trinajstić information content (AvgIpc) is 3.42. The van der Waals surface area contributed by atoms with Gasteiger partial charge in [0.1, 0.15) is 11.9 Å². The maximum atomic E-state index is 13.7. The standard InChI is InChI=1S/C30H34FN5O2/c31-26-10-8-24(9-11-26)21-35(16-12-23-5-2-1-3-6-23)27-19-28(30(38)34-17-14-32-15-18-34)36(22-27)29(37)25-7-4-13-33-20-25/h1-11,13,20,27-28,32H,12,14-19,21-22H2. The molecule has 5 rings (SSSR count). The van der Waals surface area contributed by atoms with Crippen molar-refractivity contribution in [3.8, 4) is 0 Å². The highest BCUT2D eigenvalue weighted by Gasteiger charge is 2.43. The molecule has 2 aromatic carbocycles. The fourth-order valence-corrected chi connectivity index (χ4v) is 5.42. The second kappa shape index (κ2) is 12.3. The van der Waals surface area contributed by atoms with Crippen LogP contribution in [0.2, 0.25) is 0 Å². The first-order chi connectivity index (χ1) is 18.6. The van der Waals surface area contributed by atoms with E-state index < -0.39 is 6.04 Å². The zero-order chi connectivity index (χ0) is 26.3. The first kappa shape index (κ1) is 26.0. The summed E-state index contributed by atoms with van der Waals surface area (Å²) >= 11 is 0. The van der Waals surface area contributed by atoms with E-state index in [1.807, 2.05) is 35.2 Å². The molecular formula is C30H34FN5O2. The number of benzene rings is 2. The number of rotatable bonds is 8. The summed E-state index contributed by atoms with van der Waals surface area (Å²) in [5.41, 5.74) is 2.72. The van der Waals surface area contributed by atoms with Gasteiger partial charge in [-0.05, 0) is 48.2 Å². The van der Waals surface area contributed by atoms with Crippen molar-refractivity contribution < 1.29 is 14.0 Å². The van der Waals surface area contributed by atoms with Crippen LogP contribution < -0.4 is 5.32 Å². The summed E-state index contributed by atoms with van der Waals surface area (Å²) in [6.07, 6.45) is 4.60. The third-order valence-electron chi connectivity index (χ3n) is 7.51. The third kappa shape index (κ3) is 6.26. The van der Waals surface area contributed by atoms with Gasteiger partial charge in [0.2, 0.25) is 5.91 Å². The van der Waals surface area contributed by atoms with E-state index in [1.165, 1.54) is 17.7 Å². The van der Waals surface area contributed by atoms with Gasteiger partial charge in [-0.1, -0.05) is 42.5 Å². The van der Waals surface area contributed by atoms with Crippen LogP contribution in [0.15, 0.2) is 79.1 Å². The molecule has 2 fully saturated rings. The minimum absolute atomic E-state index is 0.0102. The van der Waals surface area contributed by atoms with Crippen molar-refractivity contribution in [1.82, 2.24) is 25.0 Å². The van der Waals surface area contributed by atoms with Gasteiger partial charge in [0.25, 0.3) is 5.91 Å². The number of hydrogen-bond donors (Lipinski definition) is 1. The summed E-state index contributed by atoms with van der Waals surface area (Å²) in [5, 5.41) is 3.29. The van der Waals surface area contributed by atoms with Crippen LogP contribution in [0.5, 0.6) is 0 Å². The van der Waals surface area contributed by atoms with Gasteiger partial charge in [0.15, 0.2) is 0 Å². The van der Waals surface area contributed by atoms with Crippen LogP contribution in [-0.4, -0.2) is 82.9 Å². The zero-order valence-corrected chi connectivity index (χ0v) is 21.5. The van der Waals surface area contributed by atoms with E-state index in [0.717, 1.165) is 31.6 Å². The minimum atomic E-state index is -0.529. The molecule has 2 aliphatic heterocycles. The SMILES string of the molecule is O=C(C1CC(N(CCc2ccccc2)Cc2ccc(F)cc2)CN1C(=O)c1cccnc1)N1CCNCC1. The molecule has 7 nitrogen and oxygen atoms in total. The molecule has 38 heavy (non-hydrogen) atoms. The number of likely N-dealkylation sites (tertiary alicyclic amines) is 1. The van der Waals surface area contributed by atoms with Gasteiger partial charge in [-0.15, -0.1) is 0 Å². The Morgan fingerprint density at radius 2 is 1.74 bits per heavy atom. The number of nitrogens with zero attached hydrogens (tertiary/aromatic N) is 4. The smallest absolute Gasteiger partial charge is 0.256 e. The fraction of sp³-hybridized carbons (Fsp3) is 0.367. The van der Waals surface area contributed by atoms with Crippen LogP contribution >= 0.6 is 0 Å². The lowest BCUT2D eigenvalue weighted by molar-refractivity contribution is -0.135. The molecule has 2 saturated heterocycles. The number of aromatic nitrogens is 1. The van der Waals surface area contributed by atoms with Crippen molar-refractivity contribution in [2.75, 3.05) is 39.3 Å². The largest absolute Gasteiger partial charge is 0.338 e. The molecule has 1 aromatic heterocycles. The Bertz CT molecular complexity index is 1200. The second-order valence-electron chi connectivity index (χ2n) is 10.0.